The van der Waals surface area contributed by atoms with Gasteiger partial charge >= 0.3 is 0 Å². The van der Waals surface area contributed by atoms with E-state index in [0.29, 0.717) is 5.75 Å². The maximum Gasteiger partial charge on any atom is 0.128 e. The molecule has 1 heterocycles. The van der Waals surface area contributed by atoms with Crippen LogP contribution in [-0.4, -0.2) is 10.1 Å². The minimum Gasteiger partial charge on any atom is -0.507 e. The molecular weight excluding hydrogens is 186 g/mol. The van der Waals surface area contributed by atoms with E-state index < -0.39 is 0 Å². The zero-order chi connectivity index (χ0) is 11.1. The minimum absolute atomic E-state index is 0.0475. The maximum absolute atomic E-state index is 10.1. The summed E-state index contributed by atoms with van der Waals surface area (Å²) >= 11 is 0. The molecule has 1 N–H and O–H groups in total. The number of hydrogen-bond donors (Lipinski definition) is 1. The highest BCUT2D eigenvalue weighted by molar-refractivity contribution is 5.88. The highest BCUT2D eigenvalue weighted by Crippen LogP contribution is 2.35. The van der Waals surface area contributed by atoms with Crippen LogP contribution in [0.3, 0.4) is 0 Å². The lowest BCUT2D eigenvalue weighted by Gasteiger charge is -2.21. The molecule has 2 rings (SSSR count). The minimum atomic E-state index is -0.0475. The standard InChI is InChI=1S/C13H15NO/c1-13(2,3)11-5-4-9-6-7-14-8-10(9)12(11)15/h4-8,15H,1-3H3. The average molecular weight is 201 g/mol. The first-order valence-electron chi connectivity index (χ1n) is 5.06. The fourth-order valence-electron chi connectivity index (χ4n) is 1.75. The normalized spacial score (nSPS) is 11.9. The lowest BCUT2D eigenvalue weighted by atomic mass is 9.85. The Morgan fingerprint density at radius 2 is 1.87 bits per heavy atom. The third kappa shape index (κ3) is 1.67. The van der Waals surface area contributed by atoms with Gasteiger partial charge in [-0.15, -0.1) is 0 Å². The summed E-state index contributed by atoms with van der Waals surface area (Å²) in [6.07, 6.45) is 3.44. The van der Waals surface area contributed by atoms with Crippen LogP contribution in [0.25, 0.3) is 10.8 Å². The molecule has 15 heavy (non-hydrogen) atoms. The topological polar surface area (TPSA) is 33.1 Å². The van der Waals surface area contributed by atoms with Crippen molar-refractivity contribution in [1.29, 1.82) is 0 Å². The Morgan fingerprint density at radius 3 is 2.53 bits per heavy atom. The average Bonchev–Trinajstić information content (AvgIpc) is 2.16. The summed E-state index contributed by atoms with van der Waals surface area (Å²) in [4.78, 5) is 4.04. The molecule has 0 spiro atoms. The van der Waals surface area contributed by atoms with Crippen molar-refractivity contribution in [1.82, 2.24) is 4.98 Å². The molecule has 2 heteroatoms. The van der Waals surface area contributed by atoms with Crippen LogP contribution in [-0.2, 0) is 5.41 Å². The van der Waals surface area contributed by atoms with E-state index in [1.807, 2.05) is 18.2 Å². The van der Waals surface area contributed by atoms with Crippen molar-refractivity contribution >= 4 is 10.8 Å². The first kappa shape index (κ1) is 9.97. The van der Waals surface area contributed by atoms with Gasteiger partial charge in [-0.1, -0.05) is 32.9 Å². The van der Waals surface area contributed by atoms with Crippen LogP contribution in [0.2, 0.25) is 0 Å². The van der Waals surface area contributed by atoms with E-state index in [1.165, 1.54) is 0 Å². The van der Waals surface area contributed by atoms with E-state index in [2.05, 4.69) is 25.8 Å². The molecule has 0 saturated heterocycles. The van der Waals surface area contributed by atoms with Crippen molar-refractivity contribution < 1.29 is 5.11 Å². The monoisotopic (exact) mass is 201 g/mol. The van der Waals surface area contributed by atoms with Crippen LogP contribution in [0, 0.1) is 0 Å². The molecule has 0 aliphatic heterocycles. The van der Waals surface area contributed by atoms with Crippen molar-refractivity contribution in [3.8, 4) is 5.75 Å². The zero-order valence-corrected chi connectivity index (χ0v) is 9.28. The number of aromatic hydroxyl groups is 1. The van der Waals surface area contributed by atoms with Gasteiger partial charge in [-0.2, -0.15) is 0 Å². The second-order valence-electron chi connectivity index (χ2n) is 4.81. The van der Waals surface area contributed by atoms with E-state index in [0.717, 1.165) is 16.3 Å². The van der Waals surface area contributed by atoms with Gasteiger partial charge in [0.25, 0.3) is 0 Å². The highest BCUT2D eigenvalue weighted by atomic mass is 16.3. The summed E-state index contributed by atoms with van der Waals surface area (Å²) in [6, 6.07) is 5.91. The van der Waals surface area contributed by atoms with Crippen molar-refractivity contribution in [2.75, 3.05) is 0 Å². The second-order valence-corrected chi connectivity index (χ2v) is 4.81. The van der Waals surface area contributed by atoms with E-state index >= 15 is 0 Å². The molecule has 0 unspecified atom stereocenters. The van der Waals surface area contributed by atoms with E-state index in [-0.39, 0.29) is 5.41 Å². The van der Waals surface area contributed by atoms with E-state index in [1.54, 1.807) is 12.4 Å². The van der Waals surface area contributed by atoms with Crippen LogP contribution < -0.4 is 0 Å². The van der Waals surface area contributed by atoms with Crippen molar-refractivity contribution in [2.24, 2.45) is 0 Å². The van der Waals surface area contributed by atoms with Gasteiger partial charge in [0.05, 0.1) is 0 Å². The molecule has 1 aromatic heterocycles. The summed E-state index contributed by atoms with van der Waals surface area (Å²) in [6.45, 7) is 6.26. The fourth-order valence-corrected chi connectivity index (χ4v) is 1.75. The molecule has 2 nitrogen and oxygen atoms in total. The van der Waals surface area contributed by atoms with Crippen LogP contribution in [0.1, 0.15) is 26.3 Å². The number of hydrogen-bond acceptors (Lipinski definition) is 2. The van der Waals surface area contributed by atoms with Gasteiger partial charge in [0.15, 0.2) is 0 Å². The molecule has 0 fully saturated rings. The molecule has 0 amide bonds. The summed E-state index contributed by atoms with van der Waals surface area (Å²) < 4.78 is 0. The Bertz CT molecular complexity index is 497. The van der Waals surface area contributed by atoms with Gasteiger partial charge in [0.1, 0.15) is 5.75 Å². The SMILES string of the molecule is CC(C)(C)c1ccc2ccncc2c1O. The number of benzene rings is 1. The lowest BCUT2D eigenvalue weighted by molar-refractivity contribution is 0.452. The summed E-state index contributed by atoms with van der Waals surface area (Å²) in [5, 5.41) is 12.0. The van der Waals surface area contributed by atoms with Gasteiger partial charge in [-0.05, 0) is 22.4 Å². The Hall–Kier alpha value is -1.57. The third-order valence-electron chi connectivity index (χ3n) is 2.60. The molecule has 78 valence electrons. The van der Waals surface area contributed by atoms with Crippen molar-refractivity contribution in [3.05, 3.63) is 36.2 Å². The van der Waals surface area contributed by atoms with Crippen LogP contribution >= 0.6 is 0 Å². The first-order valence-corrected chi connectivity index (χ1v) is 5.06. The van der Waals surface area contributed by atoms with Gasteiger partial charge in [0.2, 0.25) is 0 Å². The van der Waals surface area contributed by atoms with Gasteiger partial charge in [-0.3, -0.25) is 4.98 Å². The third-order valence-corrected chi connectivity index (χ3v) is 2.60. The fraction of sp³-hybridized carbons (Fsp3) is 0.308. The van der Waals surface area contributed by atoms with Gasteiger partial charge < -0.3 is 5.11 Å². The summed E-state index contributed by atoms with van der Waals surface area (Å²) in [7, 11) is 0. The summed E-state index contributed by atoms with van der Waals surface area (Å²) in [5.41, 5.74) is 0.914. The number of phenols is 1. The number of pyridine rings is 1. The predicted molar refractivity (Wildman–Crippen MR) is 62.1 cm³/mol. The second kappa shape index (κ2) is 3.23. The van der Waals surface area contributed by atoms with Crippen LogP contribution in [0.15, 0.2) is 30.6 Å². The Balaban J connectivity index is 2.76. The van der Waals surface area contributed by atoms with E-state index in [4.69, 9.17) is 0 Å². The number of nitrogens with zero attached hydrogens (tertiary/aromatic N) is 1. The van der Waals surface area contributed by atoms with Gasteiger partial charge in [0, 0.05) is 17.8 Å². The van der Waals surface area contributed by atoms with Gasteiger partial charge in [-0.25, -0.2) is 0 Å². The largest absolute Gasteiger partial charge is 0.507 e. The zero-order valence-electron chi connectivity index (χ0n) is 9.28. The lowest BCUT2D eigenvalue weighted by Crippen LogP contribution is -2.11. The number of phenolic OH excluding ortho intramolecular Hbond substituents is 1. The molecular formula is C13H15NO. The molecule has 0 aliphatic rings. The Labute approximate surface area is 89.6 Å². The quantitative estimate of drug-likeness (QED) is 0.709. The predicted octanol–water partition coefficient (Wildman–Crippen LogP) is 3.24. The van der Waals surface area contributed by atoms with Crippen LogP contribution in [0.4, 0.5) is 0 Å². The maximum atomic E-state index is 10.1. The molecule has 0 atom stereocenters. The number of rotatable bonds is 0. The van der Waals surface area contributed by atoms with Crippen molar-refractivity contribution in [3.63, 3.8) is 0 Å². The number of aromatic nitrogens is 1. The smallest absolute Gasteiger partial charge is 0.128 e. The molecule has 0 radical (unpaired) electrons. The highest BCUT2D eigenvalue weighted by Gasteiger charge is 2.19. The molecule has 1 aromatic carbocycles. The molecule has 0 bridgehead atoms. The van der Waals surface area contributed by atoms with Crippen LogP contribution in [0.5, 0.6) is 5.75 Å². The number of fused-ring (bicyclic) bond motifs is 1. The first-order chi connectivity index (χ1) is 7.00. The molecule has 0 saturated carbocycles. The molecule has 2 aromatic rings. The summed E-state index contributed by atoms with van der Waals surface area (Å²) in [5.74, 6) is 0.355. The Kier molecular flexibility index (Phi) is 2.14. The Morgan fingerprint density at radius 1 is 1.13 bits per heavy atom. The van der Waals surface area contributed by atoms with Crippen molar-refractivity contribution in [2.45, 2.75) is 26.2 Å². The molecule has 0 aliphatic carbocycles. The van der Waals surface area contributed by atoms with E-state index in [9.17, 15) is 5.11 Å².